The van der Waals surface area contributed by atoms with Crippen LogP contribution in [0.25, 0.3) is 0 Å². The lowest BCUT2D eigenvalue weighted by Gasteiger charge is -2.00. The van der Waals surface area contributed by atoms with Gasteiger partial charge in [0.25, 0.3) is 0 Å². The van der Waals surface area contributed by atoms with E-state index in [1.807, 2.05) is 0 Å². The van der Waals surface area contributed by atoms with Crippen molar-refractivity contribution >= 4 is 17.7 Å². The summed E-state index contributed by atoms with van der Waals surface area (Å²) in [5, 5.41) is 8.07. The van der Waals surface area contributed by atoms with Crippen molar-refractivity contribution in [2.75, 3.05) is 5.75 Å². The Hall–Kier alpha value is -0.620. The molecule has 0 heterocycles. The summed E-state index contributed by atoms with van der Waals surface area (Å²) in [7, 11) is 0. The molecule has 0 radical (unpaired) electrons. The predicted octanol–water partition coefficient (Wildman–Crippen LogP) is 1.22. The van der Waals surface area contributed by atoms with Gasteiger partial charge in [-0.2, -0.15) is 0 Å². The normalized spacial score (nSPS) is 11.4. The molecule has 3 heteroatoms. The molecule has 0 aliphatic rings. The van der Waals surface area contributed by atoms with E-state index in [1.165, 1.54) is 11.8 Å². The van der Waals surface area contributed by atoms with Crippen molar-refractivity contribution in [2.24, 2.45) is 0 Å². The lowest BCUT2D eigenvalue weighted by molar-refractivity contribution is -0.136. The molecule has 0 aromatic heterocycles. The largest absolute Gasteiger partial charge is 0.480 e. The van der Waals surface area contributed by atoms with Crippen LogP contribution in [0.5, 0.6) is 0 Å². The number of rotatable bonds is 3. The van der Waals surface area contributed by atoms with Crippen LogP contribution in [0.15, 0.2) is 0 Å². The fourth-order valence-corrected chi connectivity index (χ4v) is 0.930. The van der Waals surface area contributed by atoms with E-state index in [1.54, 1.807) is 13.8 Å². The molecule has 2 nitrogen and oxygen atoms in total. The minimum Gasteiger partial charge on any atom is -0.480 e. The molecule has 56 valence electrons. The molecule has 0 spiro atoms. The van der Waals surface area contributed by atoms with Gasteiger partial charge >= 0.3 is 5.97 Å². The minimum atomic E-state index is -0.775. The molecule has 0 bridgehead atoms. The van der Waals surface area contributed by atoms with Crippen LogP contribution in [0.1, 0.15) is 13.8 Å². The molecule has 0 amide bonds. The maximum absolute atomic E-state index is 10.2. The Morgan fingerprint density at radius 3 is 2.80 bits per heavy atom. The molecule has 0 fully saturated rings. The fourth-order valence-electron chi connectivity index (χ4n) is 0.310. The molecule has 1 unspecified atom stereocenters. The standard InChI is InChI=1S/C7H10O2S/c1-3-4-5-10-6(2)7(8)9/h6H,5H2,1-2H3,(H,8,9). The van der Waals surface area contributed by atoms with Crippen molar-refractivity contribution in [3.05, 3.63) is 0 Å². The van der Waals surface area contributed by atoms with Crippen molar-refractivity contribution in [2.45, 2.75) is 19.1 Å². The summed E-state index contributed by atoms with van der Waals surface area (Å²) in [5.41, 5.74) is 0. The molecule has 0 aliphatic carbocycles. The van der Waals surface area contributed by atoms with Crippen molar-refractivity contribution in [3.8, 4) is 11.8 Å². The molecule has 0 saturated heterocycles. The van der Waals surface area contributed by atoms with Crippen molar-refractivity contribution < 1.29 is 9.90 Å². The van der Waals surface area contributed by atoms with Crippen molar-refractivity contribution in [3.63, 3.8) is 0 Å². The Balaban J connectivity index is 3.46. The Morgan fingerprint density at radius 1 is 1.80 bits per heavy atom. The molecule has 0 aromatic carbocycles. The van der Waals surface area contributed by atoms with Gasteiger partial charge in [0.05, 0.1) is 5.75 Å². The summed E-state index contributed by atoms with van der Waals surface area (Å²) in [6, 6.07) is 0. The zero-order valence-electron chi connectivity index (χ0n) is 6.05. The number of hydrogen-bond donors (Lipinski definition) is 1. The second-order valence-electron chi connectivity index (χ2n) is 1.72. The molecule has 0 aliphatic heterocycles. The van der Waals surface area contributed by atoms with E-state index >= 15 is 0 Å². The van der Waals surface area contributed by atoms with Crippen LogP contribution in [0.2, 0.25) is 0 Å². The maximum atomic E-state index is 10.2. The van der Waals surface area contributed by atoms with E-state index < -0.39 is 5.97 Å². The number of thioether (sulfide) groups is 1. The highest BCUT2D eigenvalue weighted by Crippen LogP contribution is 2.08. The molecular formula is C7H10O2S. The van der Waals surface area contributed by atoms with Crippen molar-refractivity contribution in [1.29, 1.82) is 0 Å². The van der Waals surface area contributed by atoms with E-state index in [0.717, 1.165) is 0 Å². The van der Waals surface area contributed by atoms with Crippen LogP contribution in [-0.2, 0) is 4.79 Å². The summed E-state index contributed by atoms with van der Waals surface area (Å²) >= 11 is 1.34. The van der Waals surface area contributed by atoms with Gasteiger partial charge in [0.2, 0.25) is 0 Å². The van der Waals surface area contributed by atoms with Crippen LogP contribution in [0, 0.1) is 11.8 Å². The summed E-state index contributed by atoms with van der Waals surface area (Å²) in [4.78, 5) is 10.2. The first-order chi connectivity index (χ1) is 4.68. The molecule has 10 heavy (non-hydrogen) atoms. The first-order valence-electron chi connectivity index (χ1n) is 2.92. The molecule has 1 N–H and O–H groups in total. The number of carboxylic acids is 1. The van der Waals surface area contributed by atoms with Crippen LogP contribution in [0.4, 0.5) is 0 Å². The first-order valence-corrected chi connectivity index (χ1v) is 3.97. The monoisotopic (exact) mass is 158 g/mol. The van der Waals surface area contributed by atoms with E-state index in [4.69, 9.17) is 5.11 Å². The maximum Gasteiger partial charge on any atom is 0.316 e. The summed E-state index contributed by atoms with van der Waals surface area (Å²) in [6.45, 7) is 3.40. The second kappa shape index (κ2) is 5.19. The topological polar surface area (TPSA) is 37.3 Å². The van der Waals surface area contributed by atoms with Crippen LogP contribution in [-0.4, -0.2) is 22.1 Å². The van der Waals surface area contributed by atoms with E-state index in [9.17, 15) is 4.79 Å². The van der Waals surface area contributed by atoms with Gasteiger partial charge < -0.3 is 5.11 Å². The number of carboxylic acid groups (broad SMARTS) is 1. The third-order valence-electron chi connectivity index (χ3n) is 0.930. The van der Waals surface area contributed by atoms with Gasteiger partial charge in [0, 0.05) is 0 Å². The molecule has 1 atom stereocenters. The summed E-state index contributed by atoms with van der Waals surface area (Å²) < 4.78 is 0. The smallest absolute Gasteiger partial charge is 0.316 e. The Labute approximate surface area is 65.0 Å². The van der Waals surface area contributed by atoms with Gasteiger partial charge in [-0.3, -0.25) is 4.79 Å². The van der Waals surface area contributed by atoms with E-state index in [-0.39, 0.29) is 5.25 Å². The molecule has 0 aromatic rings. The zero-order valence-corrected chi connectivity index (χ0v) is 6.86. The van der Waals surface area contributed by atoms with Gasteiger partial charge in [-0.15, -0.1) is 17.7 Å². The predicted molar refractivity (Wildman–Crippen MR) is 43.0 cm³/mol. The molecule has 0 saturated carbocycles. The fraction of sp³-hybridized carbons (Fsp3) is 0.571. The average Bonchev–Trinajstić information content (AvgIpc) is 1.88. The number of aliphatic carboxylic acids is 1. The van der Waals surface area contributed by atoms with Crippen LogP contribution in [0.3, 0.4) is 0 Å². The highest BCUT2D eigenvalue weighted by Gasteiger charge is 2.08. The van der Waals surface area contributed by atoms with Gasteiger partial charge in [-0.05, 0) is 13.8 Å². The SMILES string of the molecule is CC#CCSC(C)C(=O)O. The third kappa shape index (κ3) is 4.28. The second-order valence-corrected chi connectivity index (χ2v) is 3.05. The van der Waals surface area contributed by atoms with Crippen molar-refractivity contribution in [1.82, 2.24) is 0 Å². The highest BCUT2D eigenvalue weighted by molar-refractivity contribution is 8.00. The first kappa shape index (κ1) is 9.38. The Kier molecular flexibility index (Phi) is 4.87. The van der Waals surface area contributed by atoms with E-state index in [0.29, 0.717) is 5.75 Å². The van der Waals surface area contributed by atoms with E-state index in [2.05, 4.69) is 11.8 Å². The summed E-state index contributed by atoms with van der Waals surface area (Å²) in [6.07, 6.45) is 0. The Bertz CT molecular complexity index is 166. The van der Waals surface area contributed by atoms with Gasteiger partial charge in [-0.1, -0.05) is 5.92 Å². The van der Waals surface area contributed by atoms with Crippen LogP contribution >= 0.6 is 11.8 Å². The lowest BCUT2D eigenvalue weighted by Crippen LogP contribution is -2.11. The number of carbonyl (C=O) groups is 1. The van der Waals surface area contributed by atoms with Crippen LogP contribution < -0.4 is 0 Å². The van der Waals surface area contributed by atoms with Gasteiger partial charge in [0.15, 0.2) is 0 Å². The van der Waals surface area contributed by atoms with Gasteiger partial charge in [-0.25, -0.2) is 0 Å². The minimum absolute atomic E-state index is 0.346. The quantitative estimate of drug-likeness (QED) is 0.627. The molecular weight excluding hydrogens is 148 g/mol. The number of hydrogen-bond acceptors (Lipinski definition) is 2. The Morgan fingerprint density at radius 2 is 2.40 bits per heavy atom. The summed E-state index contributed by atoms with van der Waals surface area (Å²) in [5.74, 6) is 5.31. The average molecular weight is 158 g/mol. The highest BCUT2D eigenvalue weighted by atomic mass is 32.2. The third-order valence-corrected chi connectivity index (χ3v) is 1.94. The van der Waals surface area contributed by atoms with Gasteiger partial charge in [0.1, 0.15) is 5.25 Å². The lowest BCUT2D eigenvalue weighted by atomic mass is 10.5. The molecule has 0 rings (SSSR count). The zero-order chi connectivity index (χ0) is 7.98.